The number of aromatic amines is 1. The third-order valence-electron chi connectivity index (χ3n) is 4.90. The molecule has 0 saturated heterocycles. The molecule has 34 heavy (non-hydrogen) atoms. The van der Waals surface area contributed by atoms with E-state index in [4.69, 9.17) is 37.4 Å². The van der Waals surface area contributed by atoms with Crippen molar-refractivity contribution < 1.29 is 23.8 Å². The molecule has 1 aromatic heterocycles. The van der Waals surface area contributed by atoms with Crippen molar-refractivity contribution in [3.63, 3.8) is 0 Å². The van der Waals surface area contributed by atoms with E-state index in [1.165, 1.54) is 32.5 Å². The fourth-order valence-corrected chi connectivity index (χ4v) is 3.67. The average Bonchev–Trinajstić information content (AvgIpc) is 2.86. The molecule has 3 aromatic rings. The standard InChI is InChI=1S/C24H22Cl2N2O6/c1-32-19-9-8-15(18(29)10-16-17(25)12-28-24(31)21(16)26)22(23(19)33-2)34-13-20(30)27-11-14-6-4-3-5-7-14/h3-9,12H,10-11,13H2,1-2H3,(H,27,30)(H,28,31). The normalized spacial score (nSPS) is 10.5. The fourth-order valence-electron chi connectivity index (χ4n) is 3.19. The summed E-state index contributed by atoms with van der Waals surface area (Å²) in [5.74, 6) is -0.361. The Bertz CT molecular complexity index is 1240. The van der Waals surface area contributed by atoms with Crippen molar-refractivity contribution in [3.8, 4) is 17.2 Å². The molecule has 0 aliphatic heterocycles. The minimum Gasteiger partial charge on any atom is -0.493 e. The van der Waals surface area contributed by atoms with Crippen molar-refractivity contribution in [1.29, 1.82) is 0 Å². The third kappa shape index (κ3) is 5.89. The zero-order valence-electron chi connectivity index (χ0n) is 18.4. The highest BCUT2D eigenvalue weighted by molar-refractivity contribution is 6.36. The van der Waals surface area contributed by atoms with Crippen LogP contribution in [0, 0.1) is 0 Å². The minimum absolute atomic E-state index is 0.0267. The molecule has 2 N–H and O–H groups in total. The van der Waals surface area contributed by atoms with E-state index in [0.717, 1.165) is 5.56 Å². The second-order valence-corrected chi connectivity index (χ2v) is 7.87. The summed E-state index contributed by atoms with van der Waals surface area (Å²) in [6.07, 6.45) is 0.995. The Kier molecular flexibility index (Phi) is 8.56. The molecule has 2 aromatic carbocycles. The highest BCUT2D eigenvalue weighted by atomic mass is 35.5. The van der Waals surface area contributed by atoms with Crippen LogP contribution in [0.5, 0.6) is 17.2 Å². The number of ketones is 1. The van der Waals surface area contributed by atoms with Gasteiger partial charge in [0.1, 0.15) is 5.02 Å². The van der Waals surface area contributed by atoms with Crippen molar-refractivity contribution in [2.75, 3.05) is 20.8 Å². The number of hydrogen-bond donors (Lipinski definition) is 2. The largest absolute Gasteiger partial charge is 0.493 e. The van der Waals surface area contributed by atoms with Crippen LogP contribution >= 0.6 is 23.2 Å². The molecule has 10 heteroatoms. The van der Waals surface area contributed by atoms with E-state index in [1.54, 1.807) is 0 Å². The first-order chi connectivity index (χ1) is 16.3. The molecule has 0 atom stereocenters. The maximum Gasteiger partial charge on any atom is 0.267 e. The number of ether oxygens (including phenoxy) is 3. The molecule has 0 aliphatic rings. The molecular formula is C24H22Cl2N2O6. The number of halogens is 2. The predicted molar refractivity (Wildman–Crippen MR) is 128 cm³/mol. The van der Waals surface area contributed by atoms with E-state index in [1.807, 2.05) is 30.3 Å². The van der Waals surface area contributed by atoms with Crippen LogP contribution in [-0.4, -0.2) is 37.5 Å². The predicted octanol–water partition coefficient (Wildman–Crippen LogP) is 3.82. The molecule has 0 bridgehead atoms. The zero-order valence-corrected chi connectivity index (χ0v) is 20.0. The maximum absolute atomic E-state index is 13.2. The molecule has 178 valence electrons. The van der Waals surface area contributed by atoms with Crippen molar-refractivity contribution in [3.05, 3.63) is 85.8 Å². The Balaban J connectivity index is 1.84. The monoisotopic (exact) mass is 504 g/mol. The lowest BCUT2D eigenvalue weighted by Crippen LogP contribution is -2.28. The first kappa shape index (κ1) is 25.1. The Labute approximate surface area is 205 Å². The molecule has 1 heterocycles. The summed E-state index contributed by atoms with van der Waals surface area (Å²) >= 11 is 12.2. The molecule has 0 aliphatic carbocycles. The topological polar surface area (TPSA) is 107 Å². The summed E-state index contributed by atoms with van der Waals surface area (Å²) in [5, 5.41) is 2.71. The smallest absolute Gasteiger partial charge is 0.267 e. The Morgan fingerprint density at radius 2 is 1.74 bits per heavy atom. The Hall–Kier alpha value is -3.49. The van der Waals surface area contributed by atoms with E-state index in [9.17, 15) is 14.4 Å². The van der Waals surface area contributed by atoms with Gasteiger partial charge in [0.05, 0.1) is 24.8 Å². The van der Waals surface area contributed by atoms with Gasteiger partial charge in [0.15, 0.2) is 23.9 Å². The van der Waals surface area contributed by atoms with Crippen molar-refractivity contribution >= 4 is 34.9 Å². The number of carbonyl (C=O) groups excluding carboxylic acids is 2. The highest BCUT2D eigenvalue weighted by Crippen LogP contribution is 2.40. The quantitative estimate of drug-likeness (QED) is 0.406. The summed E-state index contributed by atoms with van der Waals surface area (Å²) in [7, 11) is 2.82. The summed E-state index contributed by atoms with van der Waals surface area (Å²) in [6.45, 7) is -0.0488. The van der Waals surface area contributed by atoms with Crippen LogP contribution in [0.3, 0.4) is 0 Å². The number of methoxy groups -OCH3 is 2. The Morgan fingerprint density at radius 1 is 1.00 bits per heavy atom. The Morgan fingerprint density at radius 3 is 2.41 bits per heavy atom. The van der Waals surface area contributed by atoms with Gasteiger partial charge in [0, 0.05) is 24.7 Å². The lowest BCUT2D eigenvalue weighted by Gasteiger charge is -2.17. The number of H-pyrrole nitrogens is 1. The average molecular weight is 505 g/mol. The van der Waals surface area contributed by atoms with Crippen LogP contribution in [0.25, 0.3) is 0 Å². The second kappa shape index (κ2) is 11.6. The first-order valence-electron chi connectivity index (χ1n) is 10.1. The van der Waals surface area contributed by atoms with Crippen molar-refractivity contribution in [1.82, 2.24) is 10.3 Å². The van der Waals surface area contributed by atoms with Gasteiger partial charge in [-0.1, -0.05) is 53.5 Å². The van der Waals surface area contributed by atoms with Crippen LogP contribution in [0.4, 0.5) is 0 Å². The van der Waals surface area contributed by atoms with Gasteiger partial charge in [0.2, 0.25) is 5.75 Å². The third-order valence-corrected chi connectivity index (χ3v) is 5.64. The SMILES string of the molecule is COc1ccc(C(=O)Cc2c(Cl)c[nH]c(=O)c2Cl)c(OCC(=O)NCc2ccccc2)c1OC. The zero-order chi connectivity index (χ0) is 24.7. The highest BCUT2D eigenvalue weighted by Gasteiger charge is 2.24. The van der Waals surface area contributed by atoms with Crippen LogP contribution in [0.15, 0.2) is 53.5 Å². The van der Waals surface area contributed by atoms with Crippen LogP contribution in [0.2, 0.25) is 10.0 Å². The molecule has 0 unspecified atom stereocenters. The van der Waals surface area contributed by atoms with E-state index in [2.05, 4.69) is 10.3 Å². The van der Waals surface area contributed by atoms with Crippen LogP contribution in [-0.2, 0) is 17.8 Å². The van der Waals surface area contributed by atoms with E-state index < -0.39 is 17.2 Å². The fraction of sp³-hybridized carbons (Fsp3) is 0.208. The van der Waals surface area contributed by atoms with Crippen molar-refractivity contribution in [2.45, 2.75) is 13.0 Å². The molecule has 3 rings (SSSR count). The molecule has 0 fully saturated rings. The van der Waals surface area contributed by atoms with Crippen molar-refractivity contribution in [2.24, 2.45) is 0 Å². The van der Waals surface area contributed by atoms with Gasteiger partial charge in [-0.15, -0.1) is 0 Å². The summed E-state index contributed by atoms with van der Waals surface area (Å²) in [6, 6.07) is 12.4. The number of hydrogen-bond acceptors (Lipinski definition) is 6. The van der Waals surface area contributed by atoms with Gasteiger partial charge < -0.3 is 24.5 Å². The summed E-state index contributed by atoms with van der Waals surface area (Å²) in [5.41, 5.74) is 0.657. The number of rotatable bonds is 10. The number of benzene rings is 2. The molecule has 1 amide bonds. The minimum atomic E-state index is -0.562. The van der Waals surface area contributed by atoms with E-state index in [0.29, 0.717) is 12.3 Å². The lowest BCUT2D eigenvalue weighted by atomic mass is 10.0. The number of nitrogens with one attached hydrogen (secondary N) is 2. The molecular weight excluding hydrogens is 483 g/mol. The number of amides is 1. The number of Topliss-reactive ketones (excluding diaryl/α,β-unsaturated/α-hetero) is 1. The lowest BCUT2D eigenvalue weighted by molar-refractivity contribution is -0.123. The van der Waals surface area contributed by atoms with E-state index in [-0.39, 0.29) is 45.7 Å². The van der Waals surface area contributed by atoms with Gasteiger partial charge in [0.25, 0.3) is 11.5 Å². The number of pyridine rings is 1. The molecule has 0 saturated carbocycles. The maximum atomic E-state index is 13.2. The second-order valence-electron chi connectivity index (χ2n) is 7.09. The van der Waals surface area contributed by atoms with Gasteiger partial charge in [-0.25, -0.2) is 0 Å². The van der Waals surface area contributed by atoms with Gasteiger partial charge in [-0.05, 0) is 17.7 Å². The number of aromatic nitrogens is 1. The summed E-state index contributed by atoms with van der Waals surface area (Å²) in [4.78, 5) is 39.8. The molecule has 0 spiro atoms. The van der Waals surface area contributed by atoms with Crippen LogP contribution < -0.4 is 25.1 Å². The van der Waals surface area contributed by atoms with Gasteiger partial charge >= 0.3 is 0 Å². The van der Waals surface area contributed by atoms with Gasteiger partial charge in [-0.3, -0.25) is 14.4 Å². The number of carbonyl (C=O) groups is 2. The molecule has 0 radical (unpaired) electrons. The van der Waals surface area contributed by atoms with Crippen LogP contribution in [0.1, 0.15) is 21.5 Å². The van der Waals surface area contributed by atoms with E-state index >= 15 is 0 Å². The summed E-state index contributed by atoms with van der Waals surface area (Å²) < 4.78 is 16.4. The molecule has 8 nitrogen and oxygen atoms in total. The van der Waals surface area contributed by atoms with Gasteiger partial charge in [-0.2, -0.15) is 0 Å². The first-order valence-corrected chi connectivity index (χ1v) is 10.9.